The number of hydrogen-bond donors (Lipinski definition) is 1. The summed E-state index contributed by atoms with van der Waals surface area (Å²) in [6.07, 6.45) is -2.81. The van der Waals surface area contributed by atoms with Crippen molar-refractivity contribution in [3.63, 3.8) is 0 Å². The topological polar surface area (TPSA) is 109 Å². The number of anilines is 1. The molecule has 0 aliphatic carbocycles. The van der Waals surface area contributed by atoms with Crippen LogP contribution < -0.4 is 14.8 Å². The zero-order chi connectivity index (χ0) is 23.4. The third kappa shape index (κ3) is 5.19. The van der Waals surface area contributed by atoms with Gasteiger partial charge in [0.2, 0.25) is 5.91 Å². The van der Waals surface area contributed by atoms with Crippen molar-refractivity contribution in [3.05, 3.63) is 68.4 Å². The zero-order valence-corrected chi connectivity index (χ0v) is 18.4. The van der Waals surface area contributed by atoms with Crippen molar-refractivity contribution in [1.82, 2.24) is 9.78 Å². The molecule has 0 saturated carbocycles. The Hall–Kier alpha value is -3.54. The number of nitro benzene ring substituents is 1. The van der Waals surface area contributed by atoms with Gasteiger partial charge in [-0.25, -0.2) is 8.78 Å². The molecule has 12 heteroatoms. The molecule has 3 aromatic rings. The minimum Gasteiger partial charge on any atom is -0.493 e. The molecule has 2 aromatic carbocycles. The molecule has 0 saturated heterocycles. The summed E-state index contributed by atoms with van der Waals surface area (Å²) in [7, 11) is 1.45. The number of amides is 1. The SMILES string of the molecule is COc1ccccc1Oc1cc(NC(=O)Cn2nc(C(F)F)c(Br)c2C)cc([N+](=O)[O-])c1. The normalized spacial score (nSPS) is 10.8. The number of nitrogens with one attached hydrogen (secondary N) is 1. The largest absolute Gasteiger partial charge is 0.493 e. The van der Waals surface area contributed by atoms with Crippen LogP contribution in [0.4, 0.5) is 20.2 Å². The van der Waals surface area contributed by atoms with Gasteiger partial charge in [0.15, 0.2) is 11.5 Å². The summed E-state index contributed by atoms with van der Waals surface area (Å²) in [4.78, 5) is 23.2. The number of rotatable bonds is 8. The number of aromatic nitrogens is 2. The van der Waals surface area contributed by atoms with Gasteiger partial charge in [-0.2, -0.15) is 5.10 Å². The molecular weight excluding hydrogens is 494 g/mol. The number of methoxy groups -OCH3 is 1. The Morgan fingerprint density at radius 2 is 1.97 bits per heavy atom. The number of para-hydroxylation sites is 2. The second kappa shape index (κ2) is 9.73. The van der Waals surface area contributed by atoms with Gasteiger partial charge in [0.1, 0.15) is 18.0 Å². The summed E-state index contributed by atoms with van der Waals surface area (Å²) in [6, 6.07) is 10.5. The van der Waals surface area contributed by atoms with Gasteiger partial charge in [-0.15, -0.1) is 0 Å². The summed E-state index contributed by atoms with van der Waals surface area (Å²) < 4.78 is 38.2. The van der Waals surface area contributed by atoms with Gasteiger partial charge >= 0.3 is 0 Å². The highest BCUT2D eigenvalue weighted by atomic mass is 79.9. The van der Waals surface area contributed by atoms with Crippen molar-refractivity contribution in [1.29, 1.82) is 0 Å². The van der Waals surface area contributed by atoms with Gasteiger partial charge in [-0.1, -0.05) is 12.1 Å². The summed E-state index contributed by atoms with van der Waals surface area (Å²) in [5.74, 6) is 0.216. The molecule has 1 heterocycles. The maximum atomic E-state index is 13.0. The molecule has 1 N–H and O–H groups in total. The first-order valence-electron chi connectivity index (χ1n) is 9.10. The van der Waals surface area contributed by atoms with Gasteiger partial charge in [-0.3, -0.25) is 19.6 Å². The lowest BCUT2D eigenvalue weighted by Crippen LogP contribution is -2.20. The van der Waals surface area contributed by atoms with Crippen LogP contribution in [-0.2, 0) is 11.3 Å². The minimum atomic E-state index is -2.81. The van der Waals surface area contributed by atoms with Crippen LogP contribution in [0.5, 0.6) is 17.2 Å². The van der Waals surface area contributed by atoms with E-state index in [4.69, 9.17) is 9.47 Å². The fourth-order valence-corrected chi connectivity index (χ4v) is 3.28. The van der Waals surface area contributed by atoms with Gasteiger partial charge < -0.3 is 14.8 Å². The number of halogens is 3. The van der Waals surface area contributed by atoms with Crippen molar-refractivity contribution in [2.24, 2.45) is 0 Å². The van der Waals surface area contributed by atoms with E-state index >= 15 is 0 Å². The maximum absolute atomic E-state index is 13.0. The van der Waals surface area contributed by atoms with Crippen LogP contribution in [0, 0.1) is 17.0 Å². The van der Waals surface area contributed by atoms with Crippen molar-refractivity contribution in [2.45, 2.75) is 19.9 Å². The van der Waals surface area contributed by atoms with Crippen LogP contribution in [0.15, 0.2) is 46.9 Å². The van der Waals surface area contributed by atoms with Gasteiger partial charge in [0, 0.05) is 12.1 Å². The molecular formula is C20H17BrF2N4O5. The highest BCUT2D eigenvalue weighted by Crippen LogP contribution is 2.34. The highest BCUT2D eigenvalue weighted by molar-refractivity contribution is 9.10. The summed E-state index contributed by atoms with van der Waals surface area (Å²) in [6.45, 7) is 1.16. The number of nitrogens with zero attached hydrogens (tertiary/aromatic N) is 3. The van der Waals surface area contributed by atoms with E-state index in [-0.39, 0.29) is 28.1 Å². The van der Waals surface area contributed by atoms with Gasteiger partial charge in [-0.05, 0) is 35.0 Å². The average molecular weight is 511 g/mol. The number of carbonyl (C=O) groups excluding carboxylic acids is 1. The predicted octanol–water partition coefficient (Wildman–Crippen LogP) is 5.24. The standard InChI is InChI=1S/C20H17BrF2N4O5/c1-11-18(21)19(20(22)23)25-26(11)10-17(28)24-12-7-13(27(29)30)9-14(8-12)32-16-6-4-3-5-15(16)31-2/h3-9,20H,10H2,1-2H3,(H,24,28). The Morgan fingerprint density at radius 3 is 2.56 bits per heavy atom. The second-order valence-corrected chi connectivity index (χ2v) is 7.31. The molecule has 0 atom stereocenters. The lowest BCUT2D eigenvalue weighted by Gasteiger charge is -2.12. The molecule has 3 rings (SSSR count). The Bertz CT molecular complexity index is 1170. The fraction of sp³-hybridized carbons (Fsp3) is 0.200. The number of non-ortho nitro benzene ring substituents is 1. The molecule has 168 valence electrons. The Labute approximate surface area is 189 Å². The minimum absolute atomic E-state index is 0.0899. The number of alkyl halides is 2. The summed E-state index contributed by atoms with van der Waals surface area (Å²) in [5, 5.41) is 17.6. The monoisotopic (exact) mass is 510 g/mol. The molecule has 0 aliphatic heterocycles. The Kier molecular flexibility index (Phi) is 7.03. The van der Waals surface area contributed by atoms with E-state index in [1.54, 1.807) is 24.3 Å². The zero-order valence-electron chi connectivity index (χ0n) is 16.8. The summed E-state index contributed by atoms with van der Waals surface area (Å²) >= 11 is 3.04. The molecule has 0 unspecified atom stereocenters. The van der Waals surface area contributed by atoms with Crippen LogP contribution in [0.1, 0.15) is 17.8 Å². The fourth-order valence-electron chi connectivity index (χ4n) is 2.83. The van der Waals surface area contributed by atoms with E-state index < -0.39 is 22.9 Å². The van der Waals surface area contributed by atoms with E-state index in [1.807, 2.05) is 0 Å². The van der Waals surface area contributed by atoms with E-state index in [0.29, 0.717) is 17.2 Å². The molecule has 0 radical (unpaired) electrons. The molecule has 1 amide bonds. The van der Waals surface area contributed by atoms with Crippen molar-refractivity contribution in [2.75, 3.05) is 12.4 Å². The van der Waals surface area contributed by atoms with Crippen molar-refractivity contribution < 1.29 is 28.0 Å². The molecule has 0 aliphatic rings. The van der Waals surface area contributed by atoms with Crippen molar-refractivity contribution in [3.8, 4) is 17.2 Å². The number of carbonyl (C=O) groups is 1. The van der Waals surface area contributed by atoms with E-state index in [9.17, 15) is 23.7 Å². The molecule has 32 heavy (non-hydrogen) atoms. The molecule has 0 fully saturated rings. The Balaban J connectivity index is 1.84. The van der Waals surface area contributed by atoms with Crippen LogP contribution in [0.3, 0.4) is 0 Å². The van der Waals surface area contributed by atoms with E-state index in [2.05, 4.69) is 26.3 Å². The first-order chi connectivity index (χ1) is 15.2. The first-order valence-corrected chi connectivity index (χ1v) is 9.90. The van der Waals surface area contributed by atoms with Crippen LogP contribution in [0.2, 0.25) is 0 Å². The number of benzene rings is 2. The van der Waals surface area contributed by atoms with E-state index in [1.165, 1.54) is 26.2 Å². The highest BCUT2D eigenvalue weighted by Gasteiger charge is 2.21. The van der Waals surface area contributed by atoms with Crippen LogP contribution >= 0.6 is 15.9 Å². The lowest BCUT2D eigenvalue weighted by atomic mass is 10.2. The predicted molar refractivity (Wildman–Crippen MR) is 114 cm³/mol. The smallest absolute Gasteiger partial charge is 0.283 e. The van der Waals surface area contributed by atoms with Gasteiger partial charge in [0.05, 0.1) is 34.0 Å². The first kappa shape index (κ1) is 23.1. The molecule has 0 spiro atoms. The second-order valence-electron chi connectivity index (χ2n) is 6.52. The number of ether oxygens (including phenoxy) is 2. The number of hydrogen-bond acceptors (Lipinski definition) is 6. The van der Waals surface area contributed by atoms with Crippen LogP contribution in [0.25, 0.3) is 0 Å². The average Bonchev–Trinajstić information content (AvgIpc) is 3.02. The Morgan fingerprint density at radius 1 is 1.28 bits per heavy atom. The summed E-state index contributed by atoms with van der Waals surface area (Å²) in [5.41, 5.74) is -0.356. The molecule has 9 nitrogen and oxygen atoms in total. The number of nitro groups is 1. The van der Waals surface area contributed by atoms with Crippen LogP contribution in [-0.4, -0.2) is 27.7 Å². The quantitative estimate of drug-likeness (QED) is 0.328. The third-order valence-corrected chi connectivity index (χ3v) is 5.32. The van der Waals surface area contributed by atoms with Crippen molar-refractivity contribution >= 4 is 33.2 Å². The van der Waals surface area contributed by atoms with E-state index in [0.717, 1.165) is 10.7 Å². The third-order valence-electron chi connectivity index (χ3n) is 4.34. The lowest BCUT2D eigenvalue weighted by molar-refractivity contribution is -0.384. The maximum Gasteiger partial charge on any atom is 0.283 e. The van der Waals surface area contributed by atoms with Gasteiger partial charge in [0.25, 0.3) is 12.1 Å². The molecule has 1 aromatic heterocycles. The molecule has 0 bridgehead atoms.